The molecule has 0 saturated carbocycles. The second-order valence-corrected chi connectivity index (χ2v) is 8.60. The zero-order chi connectivity index (χ0) is 16.6. The van der Waals surface area contributed by atoms with Crippen LogP contribution < -0.4 is 5.32 Å². The minimum Gasteiger partial charge on any atom is -0.298 e. The van der Waals surface area contributed by atoms with Gasteiger partial charge >= 0.3 is 0 Å². The van der Waals surface area contributed by atoms with Gasteiger partial charge in [0.2, 0.25) is 0 Å². The van der Waals surface area contributed by atoms with Crippen molar-refractivity contribution in [2.24, 2.45) is 11.3 Å². The number of aromatic nitrogens is 1. The lowest BCUT2D eigenvalue weighted by atomic mass is 9.73. The van der Waals surface area contributed by atoms with Crippen LogP contribution in [0.1, 0.15) is 53.7 Å². The molecule has 0 unspecified atom stereocenters. The fourth-order valence-corrected chi connectivity index (χ4v) is 4.21. The van der Waals surface area contributed by atoms with Gasteiger partial charge in [0.15, 0.2) is 5.13 Å². The topological polar surface area (TPSA) is 42.0 Å². The van der Waals surface area contributed by atoms with Gasteiger partial charge in [0.05, 0.1) is 5.69 Å². The number of nitrogens with zero attached hydrogens (tertiary/aromatic N) is 1. The third-order valence-electron chi connectivity index (χ3n) is 4.67. The maximum atomic E-state index is 12.4. The molecule has 0 spiro atoms. The molecular weight excluding hydrogens is 304 g/mol. The molecule has 0 saturated heterocycles. The van der Waals surface area contributed by atoms with Gasteiger partial charge in [0.1, 0.15) is 0 Å². The Hall–Kier alpha value is -1.68. The second-order valence-electron chi connectivity index (χ2n) is 7.52. The summed E-state index contributed by atoms with van der Waals surface area (Å²) >= 11 is 1.64. The molecule has 0 aliphatic heterocycles. The SMILES string of the molecule is Cc1cccc(C(=O)Nc2nc3c(s2)C[C@H](C(C)(C)C)CC3)c1. The number of nitrogens with one attached hydrogen (secondary N) is 1. The number of carbonyl (C=O) groups is 1. The van der Waals surface area contributed by atoms with Crippen molar-refractivity contribution in [1.82, 2.24) is 4.98 Å². The van der Waals surface area contributed by atoms with Crippen molar-refractivity contribution in [1.29, 1.82) is 0 Å². The van der Waals surface area contributed by atoms with E-state index in [2.05, 4.69) is 31.1 Å². The Labute approximate surface area is 142 Å². The molecule has 1 aliphatic carbocycles. The predicted octanol–water partition coefficient (Wildman–Crippen LogP) is 4.85. The highest BCUT2D eigenvalue weighted by molar-refractivity contribution is 7.15. The van der Waals surface area contributed by atoms with Gasteiger partial charge < -0.3 is 0 Å². The molecule has 1 atom stereocenters. The van der Waals surface area contributed by atoms with Crippen LogP contribution >= 0.6 is 11.3 Å². The van der Waals surface area contributed by atoms with E-state index in [0.29, 0.717) is 16.9 Å². The molecule has 23 heavy (non-hydrogen) atoms. The lowest BCUT2D eigenvalue weighted by Gasteiger charge is -2.33. The number of aryl methyl sites for hydroxylation is 2. The van der Waals surface area contributed by atoms with Crippen LogP contribution in [0.3, 0.4) is 0 Å². The molecule has 1 amide bonds. The molecular formula is C19H24N2OS. The van der Waals surface area contributed by atoms with Crippen LogP contribution in [-0.4, -0.2) is 10.9 Å². The summed E-state index contributed by atoms with van der Waals surface area (Å²) in [4.78, 5) is 18.3. The number of rotatable bonds is 2. The van der Waals surface area contributed by atoms with Crippen LogP contribution in [0.15, 0.2) is 24.3 Å². The van der Waals surface area contributed by atoms with Crippen LogP contribution in [0.2, 0.25) is 0 Å². The van der Waals surface area contributed by atoms with Crippen molar-refractivity contribution in [2.75, 3.05) is 5.32 Å². The minimum absolute atomic E-state index is 0.0767. The number of fused-ring (bicyclic) bond motifs is 1. The van der Waals surface area contributed by atoms with E-state index < -0.39 is 0 Å². The van der Waals surface area contributed by atoms with E-state index in [1.807, 2.05) is 31.2 Å². The van der Waals surface area contributed by atoms with Crippen LogP contribution in [0.4, 0.5) is 5.13 Å². The van der Waals surface area contributed by atoms with Crippen LogP contribution in [0.25, 0.3) is 0 Å². The standard InChI is InChI=1S/C19H24N2OS/c1-12-6-5-7-13(10-12)17(22)21-18-20-15-9-8-14(19(2,3)4)11-16(15)23-18/h5-7,10,14H,8-9,11H2,1-4H3,(H,20,21,22)/t14-/m1/s1. The molecule has 1 aliphatic rings. The van der Waals surface area contributed by atoms with Crippen molar-refractivity contribution < 1.29 is 4.79 Å². The molecule has 1 heterocycles. The van der Waals surface area contributed by atoms with E-state index in [1.54, 1.807) is 11.3 Å². The average molecular weight is 328 g/mol. The van der Waals surface area contributed by atoms with E-state index in [4.69, 9.17) is 0 Å². The van der Waals surface area contributed by atoms with Gasteiger partial charge in [-0.25, -0.2) is 4.98 Å². The fraction of sp³-hybridized carbons (Fsp3) is 0.474. The van der Waals surface area contributed by atoms with Gasteiger partial charge in [0.25, 0.3) is 5.91 Å². The molecule has 1 N–H and O–H groups in total. The third-order valence-corrected chi connectivity index (χ3v) is 5.70. The lowest BCUT2D eigenvalue weighted by molar-refractivity contribution is 0.102. The molecule has 1 aromatic heterocycles. The van der Waals surface area contributed by atoms with E-state index >= 15 is 0 Å². The summed E-state index contributed by atoms with van der Waals surface area (Å²) in [6.07, 6.45) is 3.29. The first-order valence-electron chi connectivity index (χ1n) is 8.19. The molecule has 3 nitrogen and oxygen atoms in total. The number of carbonyl (C=O) groups excluding carboxylic acids is 1. The molecule has 1 aromatic carbocycles. The average Bonchev–Trinajstić information content (AvgIpc) is 2.87. The van der Waals surface area contributed by atoms with Gasteiger partial charge in [-0.05, 0) is 49.7 Å². The van der Waals surface area contributed by atoms with Crippen molar-refractivity contribution in [2.45, 2.75) is 47.0 Å². The quantitative estimate of drug-likeness (QED) is 0.856. The van der Waals surface area contributed by atoms with E-state index in [0.717, 1.165) is 23.5 Å². The van der Waals surface area contributed by atoms with Crippen LogP contribution in [0, 0.1) is 18.3 Å². The van der Waals surface area contributed by atoms with Crippen molar-refractivity contribution in [3.8, 4) is 0 Å². The highest BCUT2D eigenvalue weighted by Crippen LogP contribution is 2.40. The zero-order valence-corrected chi connectivity index (χ0v) is 15.1. The highest BCUT2D eigenvalue weighted by atomic mass is 32.1. The smallest absolute Gasteiger partial charge is 0.257 e. The van der Waals surface area contributed by atoms with E-state index in [-0.39, 0.29) is 5.91 Å². The molecule has 2 aromatic rings. The van der Waals surface area contributed by atoms with Crippen molar-refractivity contribution >= 4 is 22.4 Å². The fourth-order valence-electron chi connectivity index (χ4n) is 3.12. The minimum atomic E-state index is -0.0767. The second kappa shape index (κ2) is 6.08. The molecule has 0 fully saturated rings. The molecule has 3 rings (SSSR count). The summed E-state index contributed by atoms with van der Waals surface area (Å²) in [6.45, 7) is 8.92. The summed E-state index contributed by atoms with van der Waals surface area (Å²) in [5, 5.41) is 3.70. The first-order valence-corrected chi connectivity index (χ1v) is 9.01. The summed E-state index contributed by atoms with van der Waals surface area (Å²) in [6, 6.07) is 7.64. The Morgan fingerprint density at radius 1 is 1.35 bits per heavy atom. The summed E-state index contributed by atoms with van der Waals surface area (Å²) in [7, 11) is 0. The number of thiazole rings is 1. The van der Waals surface area contributed by atoms with Gasteiger partial charge in [-0.2, -0.15) is 0 Å². The summed E-state index contributed by atoms with van der Waals surface area (Å²) in [5.74, 6) is 0.614. The van der Waals surface area contributed by atoms with Crippen LogP contribution in [0.5, 0.6) is 0 Å². The monoisotopic (exact) mass is 328 g/mol. The molecule has 4 heteroatoms. The van der Waals surface area contributed by atoms with Gasteiger partial charge in [0, 0.05) is 10.4 Å². The number of hydrogen-bond donors (Lipinski definition) is 1. The first-order chi connectivity index (χ1) is 10.8. The molecule has 122 valence electrons. The van der Waals surface area contributed by atoms with Crippen LogP contribution in [-0.2, 0) is 12.8 Å². The van der Waals surface area contributed by atoms with E-state index in [9.17, 15) is 4.79 Å². The van der Waals surface area contributed by atoms with Gasteiger partial charge in [-0.1, -0.05) is 38.5 Å². The Bertz CT molecular complexity index is 727. The molecule has 0 bridgehead atoms. The maximum Gasteiger partial charge on any atom is 0.257 e. The predicted molar refractivity (Wildman–Crippen MR) is 96.2 cm³/mol. The normalized spacial score (nSPS) is 17.7. The lowest BCUT2D eigenvalue weighted by Crippen LogP contribution is -2.26. The Kier molecular flexibility index (Phi) is 4.28. The summed E-state index contributed by atoms with van der Waals surface area (Å²) in [5.41, 5.74) is 3.28. The van der Waals surface area contributed by atoms with Crippen molar-refractivity contribution in [3.05, 3.63) is 46.0 Å². The van der Waals surface area contributed by atoms with Gasteiger partial charge in [-0.15, -0.1) is 11.3 Å². The Balaban J connectivity index is 1.74. The number of benzene rings is 1. The largest absolute Gasteiger partial charge is 0.298 e. The Morgan fingerprint density at radius 3 is 2.83 bits per heavy atom. The Morgan fingerprint density at radius 2 is 2.13 bits per heavy atom. The third kappa shape index (κ3) is 3.63. The van der Waals surface area contributed by atoms with E-state index in [1.165, 1.54) is 17.0 Å². The zero-order valence-electron chi connectivity index (χ0n) is 14.3. The molecule has 0 radical (unpaired) electrons. The number of anilines is 1. The van der Waals surface area contributed by atoms with Crippen molar-refractivity contribution in [3.63, 3.8) is 0 Å². The van der Waals surface area contributed by atoms with Gasteiger partial charge in [-0.3, -0.25) is 10.1 Å². The first kappa shape index (κ1) is 16.2. The maximum absolute atomic E-state index is 12.4. The number of hydrogen-bond acceptors (Lipinski definition) is 3. The number of amides is 1. The summed E-state index contributed by atoms with van der Waals surface area (Å²) < 4.78 is 0. The highest BCUT2D eigenvalue weighted by Gasteiger charge is 2.30.